The van der Waals surface area contributed by atoms with Crippen molar-refractivity contribution >= 4 is 34.9 Å². The number of rotatable bonds is 5. The van der Waals surface area contributed by atoms with E-state index in [0.29, 0.717) is 29.8 Å². The largest absolute Gasteiger partial charge is 0.325 e. The van der Waals surface area contributed by atoms with Gasteiger partial charge >= 0.3 is 0 Å². The predicted octanol–water partition coefficient (Wildman–Crippen LogP) is 6.76. The molecule has 0 saturated heterocycles. The molecule has 1 heterocycles. The summed E-state index contributed by atoms with van der Waals surface area (Å²) >= 11 is 1.64. The molecule has 1 N–H and O–H groups in total. The van der Waals surface area contributed by atoms with Gasteiger partial charge in [-0.05, 0) is 67.0 Å². The summed E-state index contributed by atoms with van der Waals surface area (Å²) in [5.74, 6) is -1.76. The Bertz CT molecular complexity index is 1370. The highest BCUT2D eigenvalue weighted by Crippen LogP contribution is 2.47. The average molecular weight is 499 g/mol. The van der Waals surface area contributed by atoms with Crippen molar-refractivity contribution in [3.05, 3.63) is 107 Å². The van der Waals surface area contributed by atoms with Gasteiger partial charge in [0.05, 0.1) is 5.92 Å². The molecule has 4 nitrogen and oxygen atoms in total. The summed E-state index contributed by atoms with van der Waals surface area (Å²) in [7, 11) is 0. The first-order valence-electron chi connectivity index (χ1n) is 12.0. The maximum atomic E-state index is 13.8. The van der Waals surface area contributed by atoms with Gasteiger partial charge < -0.3 is 5.32 Å². The molecule has 0 aromatic heterocycles. The molecule has 182 valence electrons. The number of anilines is 1. The van der Waals surface area contributed by atoms with Crippen molar-refractivity contribution in [3.63, 3.8) is 0 Å². The summed E-state index contributed by atoms with van der Waals surface area (Å²) in [6.07, 6.45) is 3.05. The highest BCUT2D eigenvalue weighted by atomic mass is 32.2. The lowest BCUT2D eigenvalue weighted by molar-refractivity contribution is -0.119. The Morgan fingerprint density at radius 1 is 0.972 bits per heavy atom. The predicted molar refractivity (Wildman–Crippen MR) is 143 cm³/mol. The Morgan fingerprint density at radius 2 is 1.72 bits per heavy atom. The van der Waals surface area contributed by atoms with Crippen LogP contribution in [0.25, 0.3) is 0 Å². The van der Waals surface area contributed by atoms with Crippen molar-refractivity contribution < 1.29 is 14.0 Å². The molecule has 1 amide bonds. The Hall–Kier alpha value is -3.51. The van der Waals surface area contributed by atoms with Crippen LogP contribution >= 0.6 is 11.8 Å². The second kappa shape index (κ2) is 10.2. The van der Waals surface area contributed by atoms with Gasteiger partial charge in [0, 0.05) is 39.9 Å². The van der Waals surface area contributed by atoms with Crippen LogP contribution in [0.1, 0.15) is 42.7 Å². The zero-order valence-electron chi connectivity index (χ0n) is 20.2. The quantitative estimate of drug-likeness (QED) is 0.395. The van der Waals surface area contributed by atoms with Gasteiger partial charge in [0.2, 0.25) is 5.91 Å². The number of benzene rings is 3. The summed E-state index contributed by atoms with van der Waals surface area (Å²) in [6.45, 7) is 1.85. The normalized spacial score (nSPS) is 21.6. The molecule has 3 aromatic carbocycles. The van der Waals surface area contributed by atoms with Crippen LogP contribution in [0.4, 0.5) is 10.1 Å². The third-order valence-electron chi connectivity index (χ3n) is 7.01. The number of halogens is 1. The number of thioether (sulfide) groups is 1. The molecule has 0 saturated carbocycles. The molecule has 5 rings (SSSR count). The lowest BCUT2D eigenvalue weighted by atomic mass is 9.69. The zero-order valence-corrected chi connectivity index (χ0v) is 21.0. The Labute approximate surface area is 214 Å². The number of amides is 1. The van der Waals surface area contributed by atoms with Crippen LogP contribution in [-0.2, 0) is 9.59 Å². The number of nitrogens with one attached hydrogen (secondary N) is 1. The van der Waals surface area contributed by atoms with Crippen molar-refractivity contribution in [2.45, 2.75) is 36.5 Å². The van der Waals surface area contributed by atoms with E-state index in [0.717, 1.165) is 21.7 Å². The van der Waals surface area contributed by atoms with E-state index in [1.807, 2.05) is 55.6 Å². The lowest BCUT2D eigenvalue weighted by Gasteiger charge is -2.37. The molecule has 1 aliphatic carbocycles. The summed E-state index contributed by atoms with van der Waals surface area (Å²) in [5.41, 5.74) is 4.46. The number of hydrogen-bond acceptors (Lipinski definition) is 4. The van der Waals surface area contributed by atoms with Crippen molar-refractivity contribution in [1.82, 2.24) is 0 Å². The number of allylic oxidation sites excluding steroid dienone is 2. The first-order chi connectivity index (χ1) is 17.4. The van der Waals surface area contributed by atoms with Gasteiger partial charge in [-0.25, -0.2) is 4.39 Å². The number of aliphatic imine (C=N–C) groups is 1. The van der Waals surface area contributed by atoms with Gasteiger partial charge in [-0.2, -0.15) is 0 Å². The second-order valence-corrected chi connectivity index (χ2v) is 10.2. The topological polar surface area (TPSA) is 58.5 Å². The fraction of sp³-hybridized carbons (Fsp3) is 0.233. The summed E-state index contributed by atoms with van der Waals surface area (Å²) in [4.78, 5) is 33.2. The van der Waals surface area contributed by atoms with Crippen LogP contribution in [0.3, 0.4) is 0 Å². The first kappa shape index (κ1) is 24.2. The fourth-order valence-electron chi connectivity index (χ4n) is 5.32. The van der Waals surface area contributed by atoms with Crippen LogP contribution in [-0.4, -0.2) is 23.7 Å². The number of hydrogen-bond donors (Lipinski definition) is 1. The molecule has 0 radical (unpaired) electrons. The Morgan fingerprint density at radius 3 is 2.42 bits per heavy atom. The van der Waals surface area contributed by atoms with Gasteiger partial charge in [0.15, 0.2) is 5.78 Å². The minimum atomic E-state index is -0.677. The van der Waals surface area contributed by atoms with E-state index in [-0.39, 0.29) is 17.6 Å². The highest BCUT2D eigenvalue weighted by Gasteiger charge is 2.44. The molecule has 1 aliphatic heterocycles. The van der Waals surface area contributed by atoms with Crippen LogP contribution in [0.2, 0.25) is 0 Å². The van der Waals surface area contributed by atoms with Gasteiger partial charge in [-0.15, -0.1) is 11.8 Å². The molecule has 1 unspecified atom stereocenters. The van der Waals surface area contributed by atoms with Gasteiger partial charge in [-0.3, -0.25) is 14.6 Å². The molecule has 3 atom stereocenters. The summed E-state index contributed by atoms with van der Waals surface area (Å²) in [6, 6.07) is 23.9. The molecule has 3 aromatic rings. The number of Topliss-reactive ketones (excluding diaryl/α,β-unsaturated/α-hetero) is 1. The maximum absolute atomic E-state index is 13.8. The third kappa shape index (κ3) is 4.78. The van der Waals surface area contributed by atoms with Gasteiger partial charge in [-0.1, -0.05) is 48.5 Å². The molecular weight excluding hydrogens is 471 g/mol. The van der Waals surface area contributed by atoms with E-state index in [1.54, 1.807) is 23.9 Å². The van der Waals surface area contributed by atoms with Crippen molar-refractivity contribution in [2.24, 2.45) is 10.9 Å². The van der Waals surface area contributed by atoms with Crippen molar-refractivity contribution in [2.75, 3.05) is 11.6 Å². The third-order valence-corrected chi connectivity index (χ3v) is 7.75. The van der Waals surface area contributed by atoms with E-state index >= 15 is 0 Å². The molecule has 0 spiro atoms. The molecule has 0 fully saturated rings. The zero-order chi connectivity index (χ0) is 25.2. The smallest absolute Gasteiger partial charge is 0.234 e. The second-order valence-electron chi connectivity index (χ2n) is 9.28. The number of nitrogens with zero attached hydrogens (tertiary/aromatic N) is 1. The summed E-state index contributed by atoms with van der Waals surface area (Å²) < 4.78 is 13.8. The summed E-state index contributed by atoms with van der Waals surface area (Å²) in [5, 5.41) is 2.85. The van der Waals surface area contributed by atoms with Crippen LogP contribution in [0.5, 0.6) is 0 Å². The minimum absolute atomic E-state index is 0.0313. The molecular formula is C30H27FN2O2S. The van der Waals surface area contributed by atoms with Crippen molar-refractivity contribution in [3.8, 4) is 0 Å². The number of carbonyl (C=O) groups excluding carboxylic acids is 2. The highest BCUT2D eigenvalue weighted by molar-refractivity contribution is 7.98. The van der Waals surface area contributed by atoms with Crippen LogP contribution in [0, 0.1) is 11.7 Å². The van der Waals surface area contributed by atoms with Gasteiger partial charge in [0.25, 0.3) is 0 Å². The van der Waals surface area contributed by atoms with Crippen LogP contribution < -0.4 is 5.32 Å². The average Bonchev–Trinajstić information content (AvgIpc) is 2.88. The lowest BCUT2D eigenvalue weighted by Crippen LogP contribution is -2.39. The molecule has 6 heteroatoms. The minimum Gasteiger partial charge on any atom is -0.325 e. The van der Waals surface area contributed by atoms with Crippen molar-refractivity contribution in [1.29, 1.82) is 0 Å². The van der Waals surface area contributed by atoms with Crippen LogP contribution in [0.15, 0.2) is 100 Å². The van der Waals surface area contributed by atoms with E-state index in [9.17, 15) is 14.0 Å². The first-order valence-corrected chi connectivity index (χ1v) is 13.2. The SMILES string of the molecule is CSc1ccc([C@@H]2C3=C(C[C@H](c4ccccc4)CC3=O)N=C(C)C2C(=O)Nc2cccc(F)c2)cc1. The number of ketones is 1. The fourth-order valence-corrected chi connectivity index (χ4v) is 5.73. The van der Waals surface area contributed by atoms with E-state index in [2.05, 4.69) is 17.4 Å². The van der Waals surface area contributed by atoms with E-state index < -0.39 is 17.7 Å². The Kier molecular flexibility index (Phi) is 6.88. The molecule has 0 bridgehead atoms. The van der Waals surface area contributed by atoms with E-state index in [1.165, 1.54) is 12.1 Å². The molecule has 2 aliphatic rings. The molecule has 36 heavy (non-hydrogen) atoms. The maximum Gasteiger partial charge on any atom is 0.234 e. The van der Waals surface area contributed by atoms with Gasteiger partial charge in [0.1, 0.15) is 5.82 Å². The monoisotopic (exact) mass is 498 g/mol. The Balaban J connectivity index is 1.56. The number of carbonyl (C=O) groups is 2. The standard InChI is InChI=1S/C30H27FN2O2S/c1-18-27(30(35)33-23-10-6-9-22(31)17-23)28(20-11-13-24(36-2)14-12-20)29-25(32-18)15-21(16-26(29)34)19-7-4-3-5-8-19/h3-14,17,21,27-28H,15-16H2,1-2H3,(H,33,35)/t21-,27?,28-/m0/s1. The van der Waals surface area contributed by atoms with E-state index in [4.69, 9.17) is 4.99 Å².